The standard InChI is InChI=1S/C13H19N5O/c1-9-5-6-11(15-10(2)13(3,4)19)7-12(9)18-8-14-16-17-18/h5-8,10,15,19H,1-4H3. The van der Waals surface area contributed by atoms with Crippen molar-refractivity contribution < 1.29 is 5.11 Å². The van der Waals surface area contributed by atoms with Crippen molar-refractivity contribution in [3.05, 3.63) is 30.1 Å². The Hall–Kier alpha value is -1.95. The molecule has 0 aliphatic carbocycles. The van der Waals surface area contributed by atoms with Gasteiger partial charge in [-0.1, -0.05) is 6.07 Å². The second kappa shape index (κ2) is 4.97. The number of aliphatic hydroxyl groups is 1. The average molecular weight is 261 g/mol. The van der Waals surface area contributed by atoms with Gasteiger partial charge in [-0.3, -0.25) is 0 Å². The minimum Gasteiger partial charge on any atom is -0.388 e. The van der Waals surface area contributed by atoms with E-state index in [4.69, 9.17) is 0 Å². The van der Waals surface area contributed by atoms with E-state index >= 15 is 0 Å². The van der Waals surface area contributed by atoms with Crippen LogP contribution in [0.2, 0.25) is 0 Å². The van der Waals surface area contributed by atoms with Gasteiger partial charge in [-0.2, -0.15) is 0 Å². The van der Waals surface area contributed by atoms with Gasteiger partial charge in [0.05, 0.1) is 17.3 Å². The lowest BCUT2D eigenvalue weighted by Crippen LogP contribution is -2.39. The number of nitrogens with zero attached hydrogens (tertiary/aromatic N) is 4. The molecular weight excluding hydrogens is 242 g/mol. The van der Waals surface area contributed by atoms with Crippen molar-refractivity contribution in [3.63, 3.8) is 0 Å². The molecule has 102 valence electrons. The Labute approximate surface area is 112 Å². The molecule has 1 heterocycles. The number of anilines is 1. The zero-order valence-corrected chi connectivity index (χ0v) is 11.6. The summed E-state index contributed by atoms with van der Waals surface area (Å²) < 4.78 is 1.62. The zero-order chi connectivity index (χ0) is 14.0. The van der Waals surface area contributed by atoms with Crippen LogP contribution in [-0.4, -0.2) is 37.0 Å². The summed E-state index contributed by atoms with van der Waals surface area (Å²) in [7, 11) is 0. The number of nitrogens with one attached hydrogen (secondary N) is 1. The first-order valence-corrected chi connectivity index (χ1v) is 6.21. The van der Waals surface area contributed by atoms with Gasteiger partial charge in [0.15, 0.2) is 0 Å². The Morgan fingerprint density at radius 1 is 1.37 bits per heavy atom. The molecular formula is C13H19N5O. The van der Waals surface area contributed by atoms with Gasteiger partial charge in [0.1, 0.15) is 6.33 Å². The van der Waals surface area contributed by atoms with Gasteiger partial charge < -0.3 is 10.4 Å². The van der Waals surface area contributed by atoms with Crippen LogP contribution < -0.4 is 5.32 Å². The predicted molar refractivity (Wildman–Crippen MR) is 73.3 cm³/mol. The molecule has 0 bridgehead atoms. The monoisotopic (exact) mass is 261 g/mol. The summed E-state index contributed by atoms with van der Waals surface area (Å²) in [5.41, 5.74) is 2.12. The summed E-state index contributed by atoms with van der Waals surface area (Å²) in [6.07, 6.45) is 1.56. The topological polar surface area (TPSA) is 75.9 Å². The van der Waals surface area contributed by atoms with Crippen molar-refractivity contribution >= 4 is 5.69 Å². The van der Waals surface area contributed by atoms with Crippen LogP contribution in [0.4, 0.5) is 5.69 Å². The van der Waals surface area contributed by atoms with E-state index in [9.17, 15) is 5.11 Å². The molecule has 19 heavy (non-hydrogen) atoms. The normalized spacial score (nSPS) is 13.3. The zero-order valence-electron chi connectivity index (χ0n) is 11.6. The van der Waals surface area contributed by atoms with Gasteiger partial charge in [0.25, 0.3) is 0 Å². The molecule has 1 aromatic carbocycles. The molecule has 6 nitrogen and oxygen atoms in total. The maximum Gasteiger partial charge on any atom is 0.143 e. The molecule has 0 fully saturated rings. The van der Waals surface area contributed by atoms with Crippen molar-refractivity contribution in [1.82, 2.24) is 20.2 Å². The van der Waals surface area contributed by atoms with Crippen molar-refractivity contribution in [1.29, 1.82) is 0 Å². The average Bonchev–Trinajstić information content (AvgIpc) is 2.83. The van der Waals surface area contributed by atoms with E-state index in [0.717, 1.165) is 16.9 Å². The maximum absolute atomic E-state index is 9.96. The van der Waals surface area contributed by atoms with E-state index in [-0.39, 0.29) is 6.04 Å². The highest BCUT2D eigenvalue weighted by Crippen LogP contribution is 2.21. The largest absolute Gasteiger partial charge is 0.388 e. The van der Waals surface area contributed by atoms with E-state index < -0.39 is 5.60 Å². The van der Waals surface area contributed by atoms with E-state index in [1.54, 1.807) is 24.9 Å². The van der Waals surface area contributed by atoms with Gasteiger partial charge in [-0.15, -0.1) is 5.10 Å². The Balaban J connectivity index is 2.27. The lowest BCUT2D eigenvalue weighted by Gasteiger charge is -2.27. The first-order chi connectivity index (χ1) is 8.88. The number of rotatable bonds is 4. The van der Waals surface area contributed by atoms with Gasteiger partial charge in [-0.25, -0.2) is 4.68 Å². The van der Waals surface area contributed by atoms with Crippen molar-refractivity contribution in [2.45, 2.75) is 39.3 Å². The SMILES string of the molecule is Cc1ccc(NC(C)C(C)(C)O)cc1-n1cnnn1. The lowest BCUT2D eigenvalue weighted by molar-refractivity contribution is 0.0649. The van der Waals surface area contributed by atoms with E-state index in [0.29, 0.717) is 0 Å². The third-order valence-corrected chi connectivity index (χ3v) is 3.25. The van der Waals surface area contributed by atoms with Crippen LogP contribution in [0.25, 0.3) is 5.69 Å². The molecule has 2 rings (SSSR count). The predicted octanol–water partition coefficient (Wildman–Crippen LogP) is 1.54. The Kier molecular flexibility index (Phi) is 3.53. The second-order valence-corrected chi connectivity index (χ2v) is 5.28. The first kappa shape index (κ1) is 13.5. The molecule has 0 aliphatic heterocycles. The number of aryl methyl sites for hydroxylation is 1. The molecule has 2 N–H and O–H groups in total. The smallest absolute Gasteiger partial charge is 0.143 e. The van der Waals surface area contributed by atoms with Crippen LogP contribution in [0.5, 0.6) is 0 Å². The minimum absolute atomic E-state index is 0.0723. The molecule has 0 aliphatic rings. The fraction of sp³-hybridized carbons (Fsp3) is 0.462. The third kappa shape index (κ3) is 3.08. The molecule has 0 saturated carbocycles. The van der Waals surface area contributed by atoms with Crippen LogP contribution in [0.15, 0.2) is 24.5 Å². The number of aromatic nitrogens is 4. The minimum atomic E-state index is -0.792. The van der Waals surface area contributed by atoms with Gasteiger partial charge in [-0.05, 0) is 55.8 Å². The summed E-state index contributed by atoms with van der Waals surface area (Å²) in [5.74, 6) is 0. The molecule has 0 radical (unpaired) electrons. The van der Waals surface area contributed by atoms with Crippen LogP contribution in [-0.2, 0) is 0 Å². The quantitative estimate of drug-likeness (QED) is 0.873. The summed E-state index contributed by atoms with van der Waals surface area (Å²) in [6.45, 7) is 7.50. The number of benzene rings is 1. The molecule has 2 aromatic rings. The summed E-state index contributed by atoms with van der Waals surface area (Å²) >= 11 is 0. The van der Waals surface area contributed by atoms with Crippen molar-refractivity contribution in [3.8, 4) is 5.69 Å². The Morgan fingerprint density at radius 2 is 2.11 bits per heavy atom. The Bertz CT molecular complexity index is 545. The highest BCUT2D eigenvalue weighted by Gasteiger charge is 2.22. The fourth-order valence-corrected chi connectivity index (χ4v) is 1.64. The van der Waals surface area contributed by atoms with Crippen molar-refractivity contribution in [2.75, 3.05) is 5.32 Å². The highest BCUT2D eigenvalue weighted by molar-refractivity contribution is 5.55. The Morgan fingerprint density at radius 3 is 2.68 bits per heavy atom. The molecule has 1 aromatic heterocycles. The van der Waals surface area contributed by atoms with Crippen LogP contribution in [0, 0.1) is 6.92 Å². The highest BCUT2D eigenvalue weighted by atomic mass is 16.3. The maximum atomic E-state index is 9.96. The molecule has 0 amide bonds. The first-order valence-electron chi connectivity index (χ1n) is 6.21. The number of hydrogen-bond donors (Lipinski definition) is 2. The molecule has 0 spiro atoms. The van der Waals surface area contributed by atoms with Crippen molar-refractivity contribution in [2.24, 2.45) is 0 Å². The van der Waals surface area contributed by atoms with E-state index in [2.05, 4.69) is 20.8 Å². The molecule has 6 heteroatoms. The summed E-state index contributed by atoms with van der Waals surface area (Å²) in [6, 6.07) is 5.87. The van der Waals surface area contributed by atoms with E-state index in [1.807, 2.05) is 32.0 Å². The second-order valence-electron chi connectivity index (χ2n) is 5.28. The molecule has 0 saturated heterocycles. The van der Waals surface area contributed by atoms with Crippen LogP contribution >= 0.6 is 0 Å². The van der Waals surface area contributed by atoms with Crippen LogP contribution in [0.3, 0.4) is 0 Å². The molecule has 1 unspecified atom stereocenters. The summed E-state index contributed by atoms with van der Waals surface area (Å²) in [5, 5.41) is 24.4. The fourth-order valence-electron chi connectivity index (χ4n) is 1.64. The number of hydrogen-bond acceptors (Lipinski definition) is 5. The van der Waals surface area contributed by atoms with Gasteiger partial charge in [0.2, 0.25) is 0 Å². The van der Waals surface area contributed by atoms with Gasteiger partial charge in [0, 0.05) is 5.69 Å². The molecule has 1 atom stereocenters. The summed E-state index contributed by atoms with van der Waals surface area (Å²) in [4.78, 5) is 0. The lowest BCUT2D eigenvalue weighted by atomic mass is 10.0. The number of tetrazole rings is 1. The third-order valence-electron chi connectivity index (χ3n) is 3.25. The van der Waals surface area contributed by atoms with E-state index in [1.165, 1.54) is 0 Å². The van der Waals surface area contributed by atoms with Crippen LogP contribution in [0.1, 0.15) is 26.3 Å². The van der Waals surface area contributed by atoms with Gasteiger partial charge >= 0.3 is 0 Å².